The van der Waals surface area contributed by atoms with Gasteiger partial charge in [-0.25, -0.2) is 0 Å². The number of carbonyl (C=O) groups is 2. The minimum Gasteiger partial charge on any atom is -0.496 e. The smallest absolute Gasteiger partial charge is 0.261 e. The van der Waals surface area contributed by atoms with Gasteiger partial charge in [-0.2, -0.15) is 0 Å². The zero-order valence-electron chi connectivity index (χ0n) is 20.1. The summed E-state index contributed by atoms with van der Waals surface area (Å²) in [5.74, 6) is 1.85. The molecule has 3 unspecified atom stereocenters. The van der Waals surface area contributed by atoms with Crippen LogP contribution in [0.2, 0.25) is 0 Å². The average Bonchev–Trinajstić information content (AvgIpc) is 2.90. The van der Waals surface area contributed by atoms with Crippen molar-refractivity contribution in [3.8, 4) is 17.2 Å². The third kappa shape index (κ3) is 5.52. The molecule has 36 heavy (non-hydrogen) atoms. The second-order valence-electron chi connectivity index (χ2n) is 9.15. The maximum absolute atomic E-state index is 13.5. The summed E-state index contributed by atoms with van der Waals surface area (Å²) in [5, 5.41) is 3.24. The van der Waals surface area contributed by atoms with Gasteiger partial charge in [-0.1, -0.05) is 31.0 Å². The fourth-order valence-corrected chi connectivity index (χ4v) is 6.92. The van der Waals surface area contributed by atoms with Crippen molar-refractivity contribution in [2.45, 2.75) is 43.1 Å². The van der Waals surface area contributed by atoms with Crippen molar-refractivity contribution >= 4 is 45.6 Å². The molecule has 0 bridgehead atoms. The Labute approximate surface area is 223 Å². The molecule has 2 aliphatic heterocycles. The molecular weight excluding hydrogens is 544 g/mol. The molecule has 1 saturated carbocycles. The molecule has 3 atom stereocenters. The highest BCUT2D eigenvalue weighted by Crippen LogP contribution is 2.42. The van der Waals surface area contributed by atoms with Crippen LogP contribution in [0.3, 0.4) is 0 Å². The Morgan fingerprint density at radius 1 is 1.22 bits per heavy atom. The Kier molecular flexibility index (Phi) is 7.76. The lowest BCUT2D eigenvalue weighted by Gasteiger charge is -2.43. The summed E-state index contributed by atoms with van der Waals surface area (Å²) in [6.45, 7) is 0.723. The van der Waals surface area contributed by atoms with Gasteiger partial charge >= 0.3 is 0 Å². The number of thioether (sulfide) groups is 1. The van der Waals surface area contributed by atoms with E-state index in [0.29, 0.717) is 34.8 Å². The van der Waals surface area contributed by atoms with Gasteiger partial charge in [0.1, 0.15) is 25.0 Å². The standard InChI is InChI=1S/C27H29BrN2O5S/c1-33-21-11-10-17(12-19(21)28)13-25-27(32)30(20-6-2-5-9-24(20)36-25)15-26(31)29-14-18-16-34-22-7-3-4-8-23(22)35-18/h3-4,7-8,10-13,18,20,24H,2,5-6,9,14-16H2,1H3,(H,29,31)/b25-13+. The summed E-state index contributed by atoms with van der Waals surface area (Å²) in [6, 6.07) is 13.3. The summed E-state index contributed by atoms with van der Waals surface area (Å²) >= 11 is 5.17. The first-order valence-electron chi connectivity index (χ1n) is 12.2. The first-order chi connectivity index (χ1) is 17.5. The van der Waals surface area contributed by atoms with Crippen LogP contribution in [0, 0.1) is 0 Å². The van der Waals surface area contributed by atoms with Crippen molar-refractivity contribution in [2.24, 2.45) is 0 Å². The Morgan fingerprint density at radius 2 is 2.03 bits per heavy atom. The van der Waals surface area contributed by atoms with E-state index < -0.39 is 0 Å². The first kappa shape index (κ1) is 25.0. The minimum atomic E-state index is -0.275. The van der Waals surface area contributed by atoms with Gasteiger partial charge in [0.2, 0.25) is 5.91 Å². The fraction of sp³-hybridized carbons (Fsp3) is 0.407. The highest BCUT2D eigenvalue weighted by Gasteiger charge is 2.41. The molecule has 0 radical (unpaired) electrons. The predicted octanol–water partition coefficient (Wildman–Crippen LogP) is 4.64. The number of amides is 2. The molecule has 0 spiro atoms. The van der Waals surface area contributed by atoms with E-state index in [4.69, 9.17) is 14.2 Å². The Bertz CT molecular complexity index is 1170. The summed E-state index contributed by atoms with van der Waals surface area (Å²) in [4.78, 5) is 28.9. The molecule has 2 aromatic rings. The minimum absolute atomic E-state index is 0.0361. The van der Waals surface area contributed by atoms with Gasteiger partial charge in [-0.15, -0.1) is 11.8 Å². The van der Waals surface area contributed by atoms with Gasteiger partial charge in [0.15, 0.2) is 11.5 Å². The number of nitrogens with zero attached hydrogens (tertiary/aromatic N) is 1. The zero-order chi connectivity index (χ0) is 25.1. The molecule has 0 aromatic heterocycles. The largest absolute Gasteiger partial charge is 0.496 e. The highest BCUT2D eigenvalue weighted by atomic mass is 79.9. The van der Waals surface area contributed by atoms with Gasteiger partial charge in [-0.3, -0.25) is 9.59 Å². The van der Waals surface area contributed by atoms with E-state index in [1.807, 2.05) is 48.5 Å². The van der Waals surface area contributed by atoms with Gasteiger partial charge in [-0.05, 0) is 64.7 Å². The average molecular weight is 574 g/mol. The highest BCUT2D eigenvalue weighted by molar-refractivity contribution is 9.10. The van der Waals surface area contributed by atoms with E-state index in [2.05, 4.69) is 21.2 Å². The molecule has 3 aliphatic rings. The molecule has 1 saturated heterocycles. The quantitative estimate of drug-likeness (QED) is 0.508. The molecule has 190 valence electrons. The summed E-state index contributed by atoms with van der Waals surface area (Å²) in [6.07, 6.45) is 5.82. The van der Waals surface area contributed by atoms with Crippen LogP contribution in [0.15, 0.2) is 51.8 Å². The number of fused-ring (bicyclic) bond motifs is 2. The van der Waals surface area contributed by atoms with Crippen LogP contribution in [0.1, 0.15) is 31.2 Å². The number of nitrogens with one attached hydrogen (secondary N) is 1. The van der Waals surface area contributed by atoms with Gasteiger partial charge < -0.3 is 24.4 Å². The van der Waals surface area contributed by atoms with Gasteiger partial charge in [0, 0.05) is 11.3 Å². The molecular formula is C27H29BrN2O5S. The van der Waals surface area contributed by atoms with E-state index in [1.54, 1.807) is 23.8 Å². The van der Waals surface area contributed by atoms with E-state index in [1.165, 1.54) is 0 Å². The molecule has 5 rings (SSSR count). The molecule has 2 aromatic carbocycles. The van der Waals surface area contributed by atoms with Crippen LogP contribution in [-0.4, -0.2) is 60.9 Å². The lowest BCUT2D eigenvalue weighted by atomic mass is 9.93. The topological polar surface area (TPSA) is 77.1 Å². The van der Waals surface area contributed by atoms with Crippen LogP contribution < -0.4 is 19.5 Å². The molecule has 2 fully saturated rings. The molecule has 2 amide bonds. The SMILES string of the molecule is COc1ccc(/C=C2/SC3CCCCC3N(CC(=O)NCC3COc4ccccc4O3)C2=O)cc1Br. The number of hydrogen-bond acceptors (Lipinski definition) is 6. The maximum atomic E-state index is 13.5. The normalized spacial score (nSPS) is 24.3. The molecule has 7 nitrogen and oxygen atoms in total. The second kappa shape index (κ2) is 11.2. The summed E-state index contributed by atoms with van der Waals surface area (Å²) in [5.41, 5.74) is 0.909. The molecule has 2 heterocycles. The van der Waals surface area contributed by atoms with Gasteiger partial charge in [0.05, 0.1) is 23.0 Å². The second-order valence-corrected chi connectivity index (χ2v) is 11.3. The first-order valence-corrected chi connectivity index (χ1v) is 13.9. The van der Waals surface area contributed by atoms with E-state index in [-0.39, 0.29) is 30.5 Å². The molecule has 9 heteroatoms. The number of methoxy groups -OCH3 is 1. The fourth-order valence-electron chi connectivity index (χ4n) is 4.89. The number of rotatable bonds is 6. The van der Waals surface area contributed by atoms with E-state index in [9.17, 15) is 9.59 Å². The predicted molar refractivity (Wildman–Crippen MR) is 143 cm³/mol. The number of carbonyl (C=O) groups excluding carboxylic acids is 2. The van der Waals surface area contributed by atoms with E-state index in [0.717, 1.165) is 41.5 Å². The number of para-hydroxylation sites is 2. The maximum Gasteiger partial charge on any atom is 0.261 e. The number of hydrogen-bond donors (Lipinski definition) is 1. The van der Waals surface area contributed by atoms with Crippen molar-refractivity contribution in [1.29, 1.82) is 0 Å². The third-order valence-electron chi connectivity index (χ3n) is 6.70. The summed E-state index contributed by atoms with van der Waals surface area (Å²) in [7, 11) is 1.62. The van der Waals surface area contributed by atoms with Crippen molar-refractivity contribution in [3.63, 3.8) is 0 Å². The van der Waals surface area contributed by atoms with E-state index >= 15 is 0 Å². The van der Waals surface area contributed by atoms with Crippen molar-refractivity contribution in [2.75, 3.05) is 26.8 Å². The Balaban J connectivity index is 1.26. The van der Waals surface area contributed by atoms with Crippen LogP contribution in [0.25, 0.3) is 6.08 Å². The van der Waals surface area contributed by atoms with Crippen LogP contribution in [0.4, 0.5) is 0 Å². The number of benzene rings is 2. The van der Waals surface area contributed by atoms with Crippen LogP contribution in [-0.2, 0) is 9.59 Å². The molecule has 1 aliphatic carbocycles. The third-order valence-corrected chi connectivity index (χ3v) is 8.72. The summed E-state index contributed by atoms with van der Waals surface area (Å²) < 4.78 is 17.8. The van der Waals surface area contributed by atoms with Crippen molar-refractivity contribution in [3.05, 3.63) is 57.4 Å². The monoisotopic (exact) mass is 572 g/mol. The zero-order valence-corrected chi connectivity index (χ0v) is 22.5. The number of halogens is 1. The van der Waals surface area contributed by atoms with Crippen molar-refractivity contribution < 1.29 is 23.8 Å². The lowest BCUT2D eigenvalue weighted by molar-refractivity contribution is -0.135. The van der Waals surface area contributed by atoms with Crippen molar-refractivity contribution in [1.82, 2.24) is 10.2 Å². The Morgan fingerprint density at radius 3 is 2.83 bits per heavy atom. The van der Waals surface area contributed by atoms with Crippen LogP contribution >= 0.6 is 27.7 Å². The van der Waals surface area contributed by atoms with Crippen LogP contribution in [0.5, 0.6) is 17.2 Å². The molecule has 1 N–H and O–H groups in total. The Hall–Kier alpha value is -2.65. The number of ether oxygens (including phenoxy) is 3. The van der Waals surface area contributed by atoms with Gasteiger partial charge in [0.25, 0.3) is 5.91 Å². The lowest BCUT2D eigenvalue weighted by Crippen LogP contribution is -2.55.